The maximum atomic E-state index is 15.5. The Morgan fingerprint density at radius 1 is 1.35 bits per heavy atom. The third-order valence-electron chi connectivity index (χ3n) is 5.97. The first-order valence-corrected chi connectivity index (χ1v) is 10.3. The van der Waals surface area contributed by atoms with E-state index in [1.54, 1.807) is 18.9 Å². The standard InChI is InChI=1S/C24H25FN4O2/c1-3-7-21(31)28(2)16-8-6-11-29(14-16)24-18(25)12-15(13-20(26)30)23-22(24)17-9-4-5-10-19(17)27-23/h4-5,9-10,12,16,27H,6,8,11,13-14H2,1-2H3,(H2,26,30)/t16-/m0/s1. The molecule has 2 heterocycles. The summed E-state index contributed by atoms with van der Waals surface area (Å²) in [5.41, 5.74) is 8.04. The van der Waals surface area contributed by atoms with Crippen LogP contribution in [0, 0.1) is 17.7 Å². The lowest BCUT2D eigenvalue weighted by Gasteiger charge is -2.38. The van der Waals surface area contributed by atoms with Crippen LogP contribution in [-0.2, 0) is 16.0 Å². The van der Waals surface area contributed by atoms with Gasteiger partial charge in [0, 0.05) is 42.5 Å². The number of aromatic nitrogens is 1. The number of fused-ring (bicyclic) bond motifs is 3. The van der Waals surface area contributed by atoms with Gasteiger partial charge in [0.2, 0.25) is 5.91 Å². The van der Waals surface area contributed by atoms with E-state index in [0.29, 0.717) is 24.3 Å². The summed E-state index contributed by atoms with van der Waals surface area (Å²) in [4.78, 5) is 30.8. The number of carbonyl (C=O) groups is 2. The summed E-state index contributed by atoms with van der Waals surface area (Å²) in [5, 5.41) is 1.64. The smallest absolute Gasteiger partial charge is 0.298 e. The van der Waals surface area contributed by atoms with E-state index in [1.165, 1.54) is 6.07 Å². The first-order chi connectivity index (χ1) is 14.9. The Hall–Kier alpha value is -3.53. The van der Waals surface area contributed by atoms with E-state index in [9.17, 15) is 9.59 Å². The highest BCUT2D eigenvalue weighted by Crippen LogP contribution is 2.39. The van der Waals surface area contributed by atoms with E-state index >= 15 is 4.39 Å². The summed E-state index contributed by atoms with van der Waals surface area (Å²) >= 11 is 0. The van der Waals surface area contributed by atoms with E-state index in [0.717, 1.165) is 34.6 Å². The summed E-state index contributed by atoms with van der Waals surface area (Å²) in [6.45, 7) is 2.82. The monoisotopic (exact) mass is 420 g/mol. The van der Waals surface area contributed by atoms with Crippen LogP contribution in [0.4, 0.5) is 10.1 Å². The van der Waals surface area contributed by atoms with Crippen molar-refractivity contribution in [3.63, 3.8) is 0 Å². The highest BCUT2D eigenvalue weighted by atomic mass is 19.1. The number of primary amides is 1. The lowest BCUT2D eigenvalue weighted by atomic mass is 9.99. The fourth-order valence-corrected chi connectivity index (χ4v) is 4.51. The van der Waals surface area contributed by atoms with Crippen LogP contribution in [-0.4, -0.2) is 47.9 Å². The number of hydrogen-bond acceptors (Lipinski definition) is 3. The molecule has 1 atom stereocenters. The minimum absolute atomic E-state index is 0.0456. The topological polar surface area (TPSA) is 82.4 Å². The Kier molecular flexibility index (Phi) is 5.55. The quantitative estimate of drug-likeness (QED) is 0.637. The van der Waals surface area contributed by atoms with Crippen molar-refractivity contribution in [1.82, 2.24) is 9.88 Å². The molecule has 1 fully saturated rings. The third-order valence-corrected chi connectivity index (χ3v) is 5.97. The molecule has 0 aliphatic carbocycles. The van der Waals surface area contributed by atoms with E-state index < -0.39 is 11.7 Å². The average molecular weight is 420 g/mol. The molecule has 0 saturated carbocycles. The molecule has 4 rings (SSSR count). The highest BCUT2D eigenvalue weighted by molar-refractivity contribution is 6.15. The summed E-state index contributed by atoms with van der Waals surface area (Å²) in [5.74, 6) is 4.09. The second-order valence-electron chi connectivity index (χ2n) is 7.96. The van der Waals surface area contributed by atoms with Gasteiger partial charge in [-0.2, -0.15) is 0 Å². The molecule has 0 radical (unpaired) electrons. The SMILES string of the molecule is CC#CC(=O)N(C)[C@H]1CCCN(c2c(F)cc(CC(N)=O)c3[nH]c4ccccc4c23)C1. The molecule has 2 aromatic carbocycles. The van der Waals surface area contributed by atoms with Crippen LogP contribution in [0.25, 0.3) is 21.8 Å². The molecule has 3 aromatic rings. The van der Waals surface area contributed by atoms with Crippen molar-refractivity contribution in [3.8, 4) is 11.8 Å². The Bertz CT molecular complexity index is 1240. The number of amides is 2. The van der Waals surface area contributed by atoms with Gasteiger partial charge >= 0.3 is 0 Å². The first kappa shape index (κ1) is 20.7. The van der Waals surface area contributed by atoms with E-state index in [4.69, 9.17) is 5.73 Å². The van der Waals surface area contributed by atoms with Crippen molar-refractivity contribution in [2.45, 2.75) is 32.2 Å². The Morgan fingerprint density at radius 2 is 2.13 bits per heavy atom. The number of H-pyrrole nitrogens is 1. The number of para-hydroxylation sites is 1. The number of carbonyl (C=O) groups excluding carboxylic acids is 2. The van der Waals surface area contributed by atoms with Crippen LogP contribution in [0.2, 0.25) is 0 Å². The van der Waals surface area contributed by atoms with E-state index in [-0.39, 0.29) is 18.4 Å². The summed E-state index contributed by atoms with van der Waals surface area (Å²) in [6.07, 6.45) is 1.62. The van der Waals surface area contributed by atoms with Crippen LogP contribution in [0.3, 0.4) is 0 Å². The van der Waals surface area contributed by atoms with Gasteiger partial charge in [-0.25, -0.2) is 4.39 Å². The molecule has 6 nitrogen and oxygen atoms in total. The van der Waals surface area contributed by atoms with Crippen molar-refractivity contribution in [3.05, 3.63) is 41.7 Å². The molecule has 0 bridgehead atoms. The summed E-state index contributed by atoms with van der Waals surface area (Å²) in [7, 11) is 1.74. The largest absolute Gasteiger partial charge is 0.369 e. The number of halogens is 1. The number of hydrogen-bond donors (Lipinski definition) is 2. The highest BCUT2D eigenvalue weighted by Gasteiger charge is 2.29. The molecular formula is C24H25FN4O2. The van der Waals surface area contributed by atoms with Crippen LogP contribution in [0.5, 0.6) is 0 Å². The lowest BCUT2D eigenvalue weighted by Crippen LogP contribution is -2.48. The number of nitrogens with one attached hydrogen (secondary N) is 1. The van der Waals surface area contributed by atoms with Gasteiger partial charge in [-0.05, 0) is 43.4 Å². The molecule has 0 spiro atoms. The fraction of sp³-hybridized carbons (Fsp3) is 0.333. The predicted molar refractivity (Wildman–Crippen MR) is 120 cm³/mol. The second-order valence-corrected chi connectivity index (χ2v) is 7.96. The van der Waals surface area contributed by atoms with Gasteiger partial charge in [0.15, 0.2) is 0 Å². The molecule has 31 heavy (non-hydrogen) atoms. The molecule has 7 heteroatoms. The van der Waals surface area contributed by atoms with Crippen molar-refractivity contribution in [2.24, 2.45) is 5.73 Å². The molecular weight excluding hydrogens is 395 g/mol. The van der Waals surface area contributed by atoms with Gasteiger partial charge in [-0.15, -0.1) is 0 Å². The summed E-state index contributed by atoms with van der Waals surface area (Å²) in [6, 6.07) is 9.03. The van der Waals surface area contributed by atoms with Crippen molar-refractivity contribution in [2.75, 3.05) is 25.0 Å². The van der Waals surface area contributed by atoms with Gasteiger partial charge in [0.1, 0.15) is 5.82 Å². The first-order valence-electron chi connectivity index (χ1n) is 10.3. The van der Waals surface area contributed by atoms with Crippen LogP contribution >= 0.6 is 0 Å². The Balaban J connectivity index is 1.83. The normalized spacial score (nSPS) is 16.2. The minimum atomic E-state index is -0.512. The van der Waals surface area contributed by atoms with E-state index in [2.05, 4.69) is 16.8 Å². The third kappa shape index (κ3) is 3.81. The van der Waals surface area contributed by atoms with E-state index in [1.807, 2.05) is 29.2 Å². The van der Waals surface area contributed by atoms with Crippen LogP contribution in [0.15, 0.2) is 30.3 Å². The number of aromatic amines is 1. The molecule has 1 saturated heterocycles. The maximum Gasteiger partial charge on any atom is 0.298 e. The van der Waals surface area contributed by atoms with Crippen LogP contribution < -0.4 is 10.6 Å². The van der Waals surface area contributed by atoms with Crippen molar-refractivity contribution < 1.29 is 14.0 Å². The molecule has 1 aliphatic rings. The van der Waals surface area contributed by atoms with Crippen molar-refractivity contribution >= 4 is 39.3 Å². The molecule has 160 valence electrons. The number of rotatable bonds is 4. The molecule has 1 aliphatic heterocycles. The molecule has 0 unspecified atom stereocenters. The zero-order valence-electron chi connectivity index (χ0n) is 17.7. The zero-order valence-corrected chi connectivity index (χ0v) is 17.7. The average Bonchev–Trinajstić information content (AvgIpc) is 3.13. The number of nitrogens with two attached hydrogens (primary N) is 1. The predicted octanol–water partition coefficient (Wildman–Crippen LogP) is 2.94. The second kappa shape index (κ2) is 8.31. The van der Waals surface area contributed by atoms with Gasteiger partial charge < -0.3 is 20.5 Å². The fourth-order valence-electron chi connectivity index (χ4n) is 4.51. The number of nitrogens with zero attached hydrogens (tertiary/aromatic N) is 2. The number of likely N-dealkylation sites (N-methyl/N-ethyl adjacent to an activating group) is 1. The van der Waals surface area contributed by atoms with Gasteiger partial charge in [0.05, 0.1) is 17.6 Å². The molecule has 2 amide bonds. The van der Waals surface area contributed by atoms with Gasteiger partial charge in [-0.3, -0.25) is 9.59 Å². The minimum Gasteiger partial charge on any atom is -0.369 e. The van der Waals surface area contributed by atoms with Gasteiger partial charge in [0.25, 0.3) is 5.91 Å². The Labute approximate surface area is 180 Å². The maximum absolute atomic E-state index is 15.5. The van der Waals surface area contributed by atoms with Gasteiger partial charge in [-0.1, -0.05) is 24.1 Å². The lowest BCUT2D eigenvalue weighted by molar-refractivity contribution is -0.126. The summed E-state index contributed by atoms with van der Waals surface area (Å²) < 4.78 is 15.5. The Morgan fingerprint density at radius 3 is 2.87 bits per heavy atom. The number of piperidine rings is 1. The number of benzene rings is 2. The zero-order chi connectivity index (χ0) is 22.1. The molecule has 3 N–H and O–H groups in total. The van der Waals surface area contributed by atoms with Crippen molar-refractivity contribution in [1.29, 1.82) is 0 Å². The number of anilines is 1. The van der Waals surface area contributed by atoms with Crippen LogP contribution in [0.1, 0.15) is 25.3 Å². The molecule has 1 aromatic heterocycles.